The number of benzene rings is 1. The molecule has 0 radical (unpaired) electrons. The second-order valence-electron chi connectivity index (χ2n) is 5.48. The maximum atomic E-state index is 10.4. The summed E-state index contributed by atoms with van der Waals surface area (Å²) in [6.45, 7) is 8.18. The first-order valence-electron chi connectivity index (χ1n) is 7.61. The van der Waals surface area contributed by atoms with Crippen LogP contribution in [0.3, 0.4) is 0 Å². The third-order valence-electron chi connectivity index (χ3n) is 4.39. The first-order valence-corrected chi connectivity index (χ1v) is 7.61. The molecule has 3 heteroatoms. The SMILES string of the molecule is CCC(O)(CC)COc1ccc(C(O)(CC)CC)cc1. The lowest BCUT2D eigenvalue weighted by Crippen LogP contribution is -2.34. The number of rotatable bonds is 8. The molecule has 0 saturated heterocycles. The molecule has 0 aliphatic rings. The number of ether oxygens (including phenoxy) is 1. The average molecular weight is 280 g/mol. The normalized spacial score (nSPS) is 12.5. The van der Waals surface area contributed by atoms with E-state index >= 15 is 0 Å². The van der Waals surface area contributed by atoms with Crippen LogP contribution in [0.1, 0.15) is 58.9 Å². The van der Waals surface area contributed by atoms with Crippen molar-refractivity contribution in [3.05, 3.63) is 29.8 Å². The molecule has 0 bridgehead atoms. The predicted molar refractivity (Wildman–Crippen MR) is 81.9 cm³/mol. The Bertz CT molecular complexity index is 389. The molecule has 1 aromatic carbocycles. The molecule has 114 valence electrons. The molecule has 0 fully saturated rings. The van der Waals surface area contributed by atoms with Gasteiger partial charge in [-0.05, 0) is 43.4 Å². The van der Waals surface area contributed by atoms with Crippen molar-refractivity contribution in [1.82, 2.24) is 0 Å². The van der Waals surface area contributed by atoms with Gasteiger partial charge < -0.3 is 14.9 Å². The van der Waals surface area contributed by atoms with Gasteiger partial charge in [0.05, 0.1) is 11.2 Å². The summed E-state index contributed by atoms with van der Waals surface area (Å²) in [7, 11) is 0. The Hall–Kier alpha value is -1.06. The molecule has 0 spiro atoms. The summed E-state index contributed by atoms with van der Waals surface area (Å²) < 4.78 is 5.66. The second kappa shape index (κ2) is 7.09. The minimum Gasteiger partial charge on any atom is -0.491 e. The fourth-order valence-electron chi connectivity index (χ4n) is 2.19. The molecular formula is C17H28O3. The Morgan fingerprint density at radius 1 is 0.850 bits per heavy atom. The molecule has 1 aromatic rings. The molecule has 1 rings (SSSR count). The minimum atomic E-state index is -0.758. The molecule has 2 N–H and O–H groups in total. The van der Waals surface area contributed by atoms with Crippen LogP contribution < -0.4 is 4.74 Å². The fraction of sp³-hybridized carbons (Fsp3) is 0.647. The van der Waals surface area contributed by atoms with Crippen LogP contribution in [0, 0.1) is 0 Å². The van der Waals surface area contributed by atoms with Gasteiger partial charge in [-0.15, -0.1) is 0 Å². The lowest BCUT2D eigenvalue weighted by atomic mass is 9.89. The lowest BCUT2D eigenvalue weighted by Gasteiger charge is -2.27. The molecule has 0 saturated carbocycles. The van der Waals surface area contributed by atoms with E-state index in [4.69, 9.17) is 4.74 Å². The Balaban J connectivity index is 2.73. The topological polar surface area (TPSA) is 49.7 Å². The van der Waals surface area contributed by atoms with Gasteiger partial charge in [0.25, 0.3) is 0 Å². The molecule has 0 aromatic heterocycles. The van der Waals surface area contributed by atoms with Crippen molar-refractivity contribution in [3.8, 4) is 5.75 Å². The highest BCUT2D eigenvalue weighted by molar-refractivity contribution is 5.30. The van der Waals surface area contributed by atoms with Crippen LogP contribution in [0.2, 0.25) is 0 Å². The van der Waals surface area contributed by atoms with Gasteiger partial charge in [-0.2, -0.15) is 0 Å². The van der Waals surface area contributed by atoms with Gasteiger partial charge >= 0.3 is 0 Å². The van der Waals surface area contributed by atoms with Gasteiger partial charge in [0, 0.05) is 0 Å². The Kier molecular flexibility index (Phi) is 6.03. The van der Waals surface area contributed by atoms with Gasteiger partial charge in [-0.1, -0.05) is 39.8 Å². The zero-order chi connectivity index (χ0) is 15.2. The molecule has 0 unspecified atom stereocenters. The monoisotopic (exact) mass is 280 g/mol. The number of hydrogen-bond donors (Lipinski definition) is 2. The van der Waals surface area contributed by atoms with Crippen LogP contribution >= 0.6 is 0 Å². The summed E-state index contributed by atoms with van der Waals surface area (Å²) >= 11 is 0. The van der Waals surface area contributed by atoms with E-state index in [1.807, 2.05) is 52.0 Å². The highest BCUT2D eigenvalue weighted by Crippen LogP contribution is 2.29. The van der Waals surface area contributed by atoms with Crippen LogP contribution in [-0.2, 0) is 5.60 Å². The average Bonchev–Trinajstić information content (AvgIpc) is 2.52. The second-order valence-corrected chi connectivity index (χ2v) is 5.48. The molecule has 0 aliphatic heterocycles. The maximum absolute atomic E-state index is 10.4. The van der Waals surface area contributed by atoms with Crippen molar-refractivity contribution in [3.63, 3.8) is 0 Å². The minimum absolute atomic E-state index is 0.297. The van der Waals surface area contributed by atoms with Gasteiger partial charge in [0.2, 0.25) is 0 Å². The molecule has 0 heterocycles. The molecule has 0 amide bonds. The summed E-state index contributed by atoms with van der Waals surface area (Å²) in [6, 6.07) is 7.52. The van der Waals surface area contributed by atoms with Crippen molar-refractivity contribution in [1.29, 1.82) is 0 Å². The fourth-order valence-corrected chi connectivity index (χ4v) is 2.19. The van der Waals surface area contributed by atoms with Crippen molar-refractivity contribution in [2.75, 3.05) is 6.61 Å². The Labute approximate surface area is 122 Å². The van der Waals surface area contributed by atoms with Gasteiger partial charge in [0.1, 0.15) is 12.4 Å². The van der Waals surface area contributed by atoms with Gasteiger partial charge in [0.15, 0.2) is 0 Å². The van der Waals surface area contributed by atoms with E-state index in [1.165, 1.54) is 0 Å². The van der Waals surface area contributed by atoms with Crippen molar-refractivity contribution >= 4 is 0 Å². The number of hydrogen-bond acceptors (Lipinski definition) is 3. The molecule has 0 atom stereocenters. The van der Waals surface area contributed by atoms with Crippen LogP contribution in [-0.4, -0.2) is 22.4 Å². The van der Waals surface area contributed by atoms with Crippen molar-refractivity contribution in [2.45, 2.75) is 64.6 Å². The molecular weight excluding hydrogens is 252 g/mol. The third kappa shape index (κ3) is 3.97. The molecule has 3 nitrogen and oxygen atoms in total. The third-order valence-corrected chi connectivity index (χ3v) is 4.39. The van der Waals surface area contributed by atoms with E-state index in [1.54, 1.807) is 0 Å². The largest absolute Gasteiger partial charge is 0.491 e. The summed E-state index contributed by atoms with van der Waals surface area (Å²) in [6.07, 6.45) is 2.73. The van der Waals surface area contributed by atoms with Crippen LogP contribution in [0.4, 0.5) is 0 Å². The van der Waals surface area contributed by atoms with Gasteiger partial charge in [-0.3, -0.25) is 0 Å². The highest BCUT2D eigenvalue weighted by atomic mass is 16.5. The van der Waals surface area contributed by atoms with Crippen molar-refractivity contribution in [2.24, 2.45) is 0 Å². The van der Waals surface area contributed by atoms with Crippen LogP contribution in [0.5, 0.6) is 5.75 Å². The highest BCUT2D eigenvalue weighted by Gasteiger charge is 2.25. The van der Waals surface area contributed by atoms with E-state index < -0.39 is 11.2 Å². The van der Waals surface area contributed by atoms with E-state index in [0.717, 1.165) is 11.3 Å². The summed E-state index contributed by atoms with van der Waals surface area (Å²) in [5, 5.41) is 20.6. The zero-order valence-corrected chi connectivity index (χ0v) is 13.1. The van der Waals surface area contributed by atoms with Crippen molar-refractivity contribution < 1.29 is 14.9 Å². The van der Waals surface area contributed by atoms with E-state index in [9.17, 15) is 10.2 Å². The maximum Gasteiger partial charge on any atom is 0.119 e. The predicted octanol–water partition coefficient (Wildman–Crippen LogP) is 3.62. The summed E-state index contributed by atoms with van der Waals surface area (Å²) in [5.41, 5.74) is -0.602. The first-order chi connectivity index (χ1) is 9.43. The van der Waals surface area contributed by atoms with E-state index in [-0.39, 0.29) is 0 Å². The van der Waals surface area contributed by atoms with E-state index in [0.29, 0.717) is 32.3 Å². The molecule has 20 heavy (non-hydrogen) atoms. The lowest BCUT2D eigenvalue weighted by molar-refractivity contribution is -0.0114. The van der Waals surface area contributed by atoms with Crippen LogP contribution in [0.25, 0.3) is 0 Å². The standard InChI is InChI=1S/C17H28O3/c1-5-16(18,6-2)13-20-15-11-9-14(10-12-15)17(19,7-3)8-4/h9-12,18-19H,5-8,13H2,1-4H3. The Morgan fingerprint density at radius 3 is 1.75 bits per heavy atom. The quantitative estimate of drug-likeness (QED) is 0.764. The number of aliphatic hydroxyl groups is 2. The summed E-state index contributed by atoms with van der Waals surface area (Å²) in [5.74, 6) is 0.726. The molecule has 0 aliphatic carbocycles. The zero-order valence-electron chi connectivity index (χ0n) is 13.1. The smallest absolute Gasteiger partial charge is 0.119 e. The first kappa shape index (κ1) is 17.0. The Morgan fingerprint density at radius 2 is 1.35 bits per heavy atom. The van der Waals surface area contributed by atoms with Crippen LogP contribution in [0.15, 0.2) is 24.3 Å². The van der Waals surface area contributed by atoms with E-state index in [2.05, 4.69) is 0 Å². The van der Waals surface area contributed by atoms with Gasteiger partial charge in [-0.25, -0.2) is 0 Å². The summed E-state index contributed by atoms with van der Waals surface area (Å²) in [4.78, 5) is 0.